The zero-order chi connectivity index (χ0) is 7.98. The highest BCUT2D eigenvalue weighted by atomic mass is 16.1. The van der Waals surface area contributed by atoms with Crippen molar-refractivity contribution in [1.29, 1.82) is 0 Å². The normalized spacial score (nSPS) is 12.6. The highest BCUT2D eigenvalue weighted by Crippen LogP contribution is 2.05. The van der Waals surface area contributed by atoms with E-state index >= 15 is 0 Å². The molecule has 0 saturated carbocycles. The summed E-state index contributed by atoms with van der Waals surface area (Å²) >= 11 is 0. The Hall–Kier alpha value is -0.630. The number of carbonyl (C=O) groups excluding carboxylic acids is 1. The number of ketones is 1. The third kappa shape index (κ3) is 2.78. The van der Waals surface area contributed by atoms with Gasteiger partial charge in [-0.05, 0) is 12.5 Å². The molecule has 0 aliphatic carbocycles. The van der Waals surface area contributed by atoms with Crippen molar-refractivity contribution >= 4 is 5.78 Å². The van der Waals surface area contributed by atoms with Gasteiger partial charge in [0.05, 0.1) is 0 Å². The minimum absolute atomic E-state index is 0.00231. The van der Waals surface area contributed by atoms with Crippen molar-refractivity contribution in [2.24, 2.45) is 11.7 Å². The summed E-state index contributed by atoms with van der Waals surface area (Å²) in [5.74, 6) is 0.0758. The maximum Gasteiger partial charge on any atom is 0.159 e. The third-order valence-electron chi connectivity index (χ3n) is 1.53. The van der Waals surface area contributed by atoms with Gasteiger partial charge in [-0.25, -0.2) is 0 Å². The van der Waals surface area contributed by atoms with Crippen molar-refractivity contribution in [1.82, 2.24) is 0 Å². The molecule has 0 fully saturated rings. The minimum Gasteiger partial charge on any atom is -0.330 e. The summed E-state index contributed by atoms with van der Waals surface area (Å²) in [6, 6.07) is 0. The van der Waals surface area contributed by atoms with Crippen LogP contribution in [0.25, 0.3) is 0 Å². The van der Waals surface area contributed by atoms with Crippen LogP contribution in [0.2, 0.25) is 0 Å². The Kier molecular flexibility index (Phi) is 4.85. The van der Waals surface area contributed by atoms with Gasteiger partial charge >= 0.3 is 0 Å². The summed E-state index contributed by atoms with van der Waals surface area (Å²) in [7, 11) is 0. The predicted molar refractivity (Wildman–Crippen MR) is 42.7 cm³/mol. The molecule has 0 bridgehead atoms. The zero-order valence-corrected chi connectivity index (χ0v) is 6.47. The quantitative estimate of drug-likeness (QED) is 0.583. The Morgan fingerprint density at radius 3 is 2.70 bits per heavy atom. The summed E-state index contributed by atoms with van der Waals surface area (Å²) in [6.45, 7) is 5.89. The number of nitrogens with two attached hydrogens (primary N) is 1. The smallest absolute Gasteiger partial charge is 0.159 e. The second-order valence-electron chi connectivity index (χ2n) is 2.33. The van der Waals surface area contributed by atoms with Gasteiger partial charge in [0.15, 0.2) is 5.78 Å². The summed E-state index contributed by atoms with van der Waals surface area (Å²) in [4.78, 5) is 10.9. The molecule has 0 rings (SSSR count). The van der Waals surface area contributed by atoms with Gasteiger partial charge < -0.3 is 5.73 Å². The second kappa shape index (κ2) is 5.18. The van der Waals surface area contributed by atoms with Gasteiger partial charge in [0.2, 0.25) is 0 Å². The summed E-state index contributed by atoms with van der Waals surface area (Å²) in [5.41, 5.74) is 5.37. The SMILES string of the molecule is C=CC(=O)C(CN)CCC. The molecule has 0 aromatic carbocycles. The van der Waals surface area contributed by atoms with Crippen LogP contribution in [0, 0.1) is 5.92 Å². The summed E-state index contributed by atoms with van der Waals surface area (Å²) in [5, 5.41) is 0. The number of rotatable bonds is 5. The summed E-state index contributed by atoms with van der Waals surface area (Å²) < 4.78 is 0. The number of hydrogen-bond acceptors (Lipinski definition) is 2. The molecule has 58 valence electrons. The topological polar surface area (TPSA) is 43.1 Å². The maximum atomic E-state index is 10.9. The first-order valence-electron chi connectivity index (χ1n) is 3.62. The monoisotopic (exact) mass is 141 g/mol. The fraction of sp³-hybridized carbons (Fsp3) is 0.625. The number of hydrogen-bond donors (Lipinski definition) is 1. The van der Waals surface area contributed by atoms with Crippen LogP contribution >= 0.6 is 0 Å². The first-order valence-corrected chi connectivity index (χ1v) is 3.62. The molecule has 2 heteroatoms. The van der Waals surface area contributed by atoms with E-state index in [-0.39, 0.29) is 11.7 Å². The first kappa shape index (κ1) is 9.37. The molecule has 2 N–H and O–H groups in total. The Morgan fingerprint density at radius 2 is 2.40 bits per heavy atom. The second-order valence-corrected chi connectivity index (χ2v) is 2.33. The van der Waals surface area contributed by atoms with Crippen LogP contribution in [0.4, 0.5) is 0 Å². The Morgan fingerprint density at radius 1 is 1.80 bits per heavy atom. The van der Waals surface area contributed by atoms with E-state index < -0.39 is 0 Å². The lowest BCUT2D eigenvalue weighted by molar-refractivity contribution is -0.118. The van der Waals surface area contributed by atoms with Crippen LogP contribution in [0.1, 0.15) is 19.8 Å². The van der Waals surface area contributed by atoms with Crippen molar-refractivity contribution in [2.75, 3.05) is 6.54 Å². The average molecular weight is 141 g/mol. The van der Waals surface area contributed by atoms with Gasteiger partial charge in [0, 0.05) is 12.5 Å². The lowest BCUT2D eigenvalue weighted by Gasteiger charge is -2.07. The van der Waals surface area contributed by atoms with Crippen LogP contribution in [0.5, 0.6) is 0 Å². The highest BCUT2D eigenvalue weighted by molar-refractivity contribution is 5.91. The molecular formula is C8H15NO. The van der Waals surface area contributed by atoms with Crippen LogP contribution in [0.3, 0.4) is 0 Å². The molecule has 0 saturated heterocycles. The molecule has 0 aliphatic rings. The summed E-state index contributed by atoms with van der Waals surface area (Å²) in [6.07, 6.45) is 3.23. The molecule has 0 amide bonds. The van der Waals surface area contributed by atoms with Gasteiger partial charge in [0.1, 0.15) is 0 Å². The molecule has 10 heavy (non-hydrogen) atoms. The molecule has 1 unspecified atom stereocenters. The van der Waals surface area contributed by atoms with E-state index in [9.17, 15) is 4.79 Å². The average Bonchev–Trinajstić information content (AvgIpc) is 1.99. The van der Waals surface area contributed by atoms with Gasteiger partial charge in [-0.2, -0.15) is 0 Å². The van der Waals surface area contributed by atoms with Gasteiger partial charge in [0.25, 0.3) is 0 Å². The van der Waals surface area contributed by atoms with Crippen LogP contribution in [0.15, 0.2) is 12.7 Å². The highest BCUT2D eigenvalue weighted by Gasteiger charge is 2.10. The van der Waals surface area contributed by atoms with Crippen LogP contribution in [-0.2, 0) is 4.79 Å². The molecule has 2 nitrogen and oxygen atoms in total. The van der Waals surface area contributed by atoms with Gasteiger partial charge in [-0.15, -0.1) is 0 Å². The zero-order valence-electron chi connectivity index (χ0n) is 6.47. The fourth-order valence-corrected chi connectivity index (χ4v) is 0.891. The lowest BCUT2D eigenvalue weighted by atomic mass is 9.99. The molecular weight excluding hydrogens is 126 g/mol. The Balaban J connectivity index is 3.79. The molecule has 0 aromatic rings. The van der Waals surface area contributed by atoms with E-state index in [1.165, 1.54) is 6.08 Å². The van der Waals surface area contributed by atoms with Crippen molar-refractivity contribution in [3.05, 3.63) is 12.7 Å². The molecule has 0 aliphatic heterocycles. The molecule has 0 spiro atoms. The van der Waals surface area contributed by atoms with E-state index in [2.05, 4.69) is 6.58 Å². The van der Waals surface area contributed by atoms with E-state index in [0.717, 1.165) is 12.8 Å². The number of carbonyl (C=O) groups is 1. The van der Waals surface area contributed by atoms with Gasteiger partial charge in [-0.3, -0.25) is 4.79 Å². The Labute approximate surface area is 62.1 Å². The van der Waals surface area contributed by atoms with E-state index in [1.54, 1.807) is 0 Å². The van der Waals surface area contributed by atoms with Crippen molar-refractivity contribution < 1.29 is 4.79 Å². The van der Waals surface area contributed by atoms with Crippen molar-refractivity contribution in [3.63, 3.8) is 0 Å². The lowest BCUT2D eigenvalue weighted by Crippen LogP contribution is -2.21. The molecule has 0 heterocycles. The van der Waals surface area contributed by atoms with E-state index in [1.807, 2.05) is 6.92 Å². The Bertz CT molecular complexity index is 120. The minimum atomic E-state index is 0.00231. The first-order chi connectivity index (χ1) is 4.76. The van der Waals surface area contributed by atoms with Crippen LogP contribution < -0.4 is 5.73 Å². The fourth-order valence-electron chi connectivity index (χ4n) is 0.891. The molecule has 0 aromatic heterocycles. The van der Waals surface area contributed by atoms with Gasteiger partial charge in [-0.1, -0.05) is 19.9 Å². The van der Waals surface area contributed by atoms with E-state index in [4.69, 9.17) is 5.73 Å². The van der Waals surface area contributed by atoms with Crippen LogP contribution in [-0.4, -0.2) is 12.3 Å². The molecule has 0 radical (unpaired) electrons. The standard InChI is InChI=1S/C8H15NO/c1-3-5-7(6-9)8(10)4-2/h4,7H,2-3,5-6,9H2,1H3. The molecule has 1 atom stereocenters. The largest absolute Gasteiger partial charge is 0.330 e. The maximum absolute atomic E-state index is 10.9. The third-order valence-corrected chi connectivity index (χ3v) is 1.53. The van der Waals surface area contributed by atoms with E-state index in [0.29, 0.717) is 6.54 Å². The van der Waals surface area contributed by atoms with Crippen molar-refractivity contribution in [3.8, 4) is 0 Å². The number of allylic oxidation sites excluding steroid dienone is 1. The predicted octanol–water partition coefficient (Wildman–Crippen LogP) is 1.12. The van der Waals surface area contributed by atoms with Crippen molar-refractivity contribution in [2.45, 2.75) is 19.8 Å².